The Morgan fingerprint density at radius 3 is 2.71 bits per heavy atom. The van der Waals surface area contributed by atoms with E-state index in [4.69, 9.17) is 16.3 Å². The topological polar surface area (TPSA) is 38.3 Å². The summed E-state index contributed by atoms with van der Waals surface area (Å²) in [5.74, 6) is -0.368. The molecule has 0 aliphatic carbocycles. The second-order valence-corrected chi connectivity index (χ2v) is 5.42. The lowest BCUT2D eigenvalue weighted by molar-refractivity contribution is -0.124. The Hall–Kier alpha value is -2.07. The van der Waals surface area contributed by atoms with Gasteiger partial charge < -0.3 is 10.1 Å². The van der Waals surface area contributed by atoms with Gasteiger partial charge in [0.15, 0.2) is 0 Å². The molecule has 1 amide bonds. The number of methoxy groups -OCH3 is 1. The summed E-state index contributed by atoms with van der Waals surface area (Å²) in [6.45, 7) is 1.85. The zero-order valence-electron chi connectivity index (χ0n) is 11.5. The van der Waals surface area contributed by atoms with E-state index in [-0.39, 0.29) is 5.56 Å². The van der Waals surface area contributed by atoms with Crippen molar-refractivity contribution >= 4 is 23.2 Å². The van der Waals surface area contributed by atoms with Crippen molar-refractivity contribution in [2.45, 2.75) is 12.6 Å². The molecule has 2 aromatic carbocycles. The number of aryl methyl sites for hydroxylation is 1. The SMILES string of the molecule is COc1cc(C2(F)C(=O)Nc3ccc(C)cc32)ccc1Cl. The molecular formula is C16H13ClFNO2. The zero-order chi connectivity index (χ0) is 15.2. The maximum absolute atomic E-state index is 15.5. The molecule has 1 N–H and O–H groups in total. The highest BCUT2D eigenvalue weighted by Crippen LogP contribution is 2.45. The Bertz CT molecular complexity index is 747. The molecule has 0 saturated heterocycles. The third kappa shape index (κ3) is 1.98. The van der Waals surface area contributed by atoms with Gasteiger partial charge in [-0.05, 0) is 31.2 Å². The first-order chi connectivity index (χ1) is 9.96. The number of carbonyl (C=O) groups is 1. The van der Waals surface area contributed by atoms with Crippen LogP contribution >= 0.6 is 11.6 Å². The average Bonchev–Trinajstić information content (AvgIpc) is 2.72. The second-order valence-electron chi connectivity index (χ2n) is 5.01. The molecule has 0 fully saturated rings. The fourth-order valence-electron chi connectivity index (χ4n) is 2.54. The van der Waals surface area contributed by atoms with Crippen LogP contribution in [0.3, 0.4) is 0 Å². The van der Waals surface area contributed by atoms with E-state index in [0.717, 1.165) is 5.56 Å². The number of amides is 1. The third-order valence-corrected chi connectivity index (χ3v) is 3.97. The van der Waals surface area contributed by atoms with Gasteiger partial charge in [0.1, 0.15) is 5.75 Å². The number of rotatable bonds is 2. The van der Waals surface area contributed by atoms with E-state index in [1.54, 1.807) is 12.1 Å². The van der Waals surface area contributed by atoms with Crippen LogP contribution in [0.1, 0.15) is 16.7 Å². The van der Waals surface area contributed by atoms with Crippen molar-refractivity contribution in [3.8, 4) is 5.75 Å². The average molecular weight is 306 g/mol. The van der Waals surface area contributed by atoms with Crippen LogP contribution in [0, 0.1) is 6.92 Å². The molecule has 1 heterocycles. The molecule has 1 aliphatic rings. The molecule has 0 saturated carbocycles. The Kier molecular flexibility index (Phi) is 3.14. The van der Waals surface area contributed by atoms with Crippen LogP contribution in [0.4, 0.5) is 10.1 Å². The quantitative estimate of drug-likeness (QED) is 0.916. The van der Waals surface area contributed by atoms with E-state index in [0.29, 0.717) is 22.0 Å². The molecule has 0 radical (unpaired) electrons. The predicted octanol–water partition coefficient (Wildman–Crippen LogP) is 3.82. The fourth-order valence-corrected chi connectivity index (χ4v) is 2.74. The second kappa shape index (κ2) is 4.74. The first kappa shape index (κ1) is 13.9. The van der Waals surface area contributed by atoms with Crippen LogP contribution in [0.5, 0.6) is 5.75 Å². The molecule has 0 aromatic heterocycles. The number of alkyl halides is 1. The van der Waals surface area contributed by atoms with Gasteiger partial charge in [-0.2, -0.15) is 0 Å². The fraction of sp³-hybridized carbons (Fsp3) is 0.188. The molecule has 0 spiro atoms. The van der Waals surface area contributed by atoms with Gasteiger partial charge in [-0.15, -0.1) is 0 Å². The van der Waals surface area contributed by atoms with Gasteiger partial charge in [0.05, 0.1) is 12.1 Å². The summed E-state index contributed by atoms with van der Waals surface area (Å²) in [6, 6.07) is 9.69. The Morgan fingerprint density at radius 1 is 1.24 bits per heavy atom. The van der Waals surface area contributed by atoms with E-state index in [1.807, 2.05) is 13.0 Å². The van der Waals surface area contributed by atoms with E-state index in [2.05, 4.69) is 5.32 Å². The van der Waals surface area contributed by atoms with Gasteiger partial charge in [0.2, 0.25) is 5.67 Å². The van der Waals surface area contributed by atoms with Gasteiger partial charge in [-0.1, -0.05) is 29.3 Å². The van der Waals surface area contributed by atoms with E-state index >= 15 is 4.39 Å². The molecule has 3 nitrogen and oxygen atoms in total. The van der Waals surface area contributed by atoms with Crippen molar-refractivity contribution in [2.75, 3.05) is 12.4 Å². The van der Waals surface area contributed by atoms with E-state index in [9.17, 15) is 4.79 Å². The van der Waals surface area contributed by atoms with Gasteiger partial charge in [0, 0.05) is 16.8 Å². The highest BCUT2D eigenvalue weighted by atomic mass is 35.5. The van der Waals surface area contributed by atoms with Gasteiger partial charge >= 0.3 is 0 Å². The Morgan fingerprint density at radius 2 is 2.00 bits per heavy atom. The van der Waals surface area contributed by atoms with Crippen LogP contribution in [0.25, 0.3) is 0 Å². The molecule has 1 atom stereocenters. The minimum atomic E-state index is -2.24. The van der Waals surface area contributed by atoms with Gasteiger partial charge in [-0.3, -0.25) is 4.79 Å². The lowest BCUT2D eigenvalue weighted by Crippen LogP contribution is -2.30. The molecule has 2 aromatic rings. The number of ether oxygens (including phenoxy) is 1. The lowest BCUT2D eigenvalue weighted by atomic mass is 9.88. The summed E-state index contributed by atoms with van der Waals surface area (Å²) < 4.78 is 20.7. The molecule has 21 heavy (non-hydrogen) atoms. The first-order valence-electron chi connectivity index (χ1n) is 6.42. The summed E-state index contributed by atoms with van der Waals surface area (Å²) in [7, 11) is 1.45. The summed E-state index contributed by atoms with van der Waals surface area (Å²) in [6.07, 6.45) is 0. The van der Waals surface area contributed by atoms with E-state index < -0.39 is 11.6 Å². The minimum absolute atomic E-state index is 0.200. The number of halogens is 2. The molecule has 1 unspecified atom stereocenters. The highest BCUT2D eigenvalue weighted by molar-refractivity contribution is 6.32. The van der Waals surface area contributed by atoms with Crippen LogP contribution in [0.2, 0.25) is 5.02 Å². The number of anilines is 1. The van der Waals surface area contributed by atoms with E-state index in [1.165, 1.54) is 25.3 Å². The predicted molar refractivity (Wildman–Crippen MR) is 79.7 cm³/mol. The maximum Gasteiger partial charge on any atom is 0.271 e. The first-order valence-corrected chi connectivity index (χ1v) is 6.80. The highest BCUT2D eigenvalue weighted by Gasteiger charge is 2.49. The number of benzene rings is 2. The molecule has 5 heteroatoms. The minimum Gasteiger partial charge on any atom is -0.495 e. The number of hydrogen-bond donors (Lipinski definition) is 1. The van der Waals surface area contributed by atoms with Crippen LogP contribution < -0.4 is 10.1 Å². The summed E-state index contributed by atoms with van der Waals surface area (Å²) in [4.78, 5) is 12.2. The van der Waals surface area contributed by atoms with Gasteiger partial charge in [0.25, 0.3) is 5.91 Å². The number of fused-ring (bicyclic) bond motifs is 1. The summed E-state index contributed by atoms with van der Waals surface area (Å²) in [5, 5.41) is 2.95. The van der Waals surface area contributed by atoms with Crippen molar-refractivity contribution in [2.24, 2.45) is 0 Å². The largest absolute Gasteiger partial charge is 0.495 e. The third-order valence-electron chi connectivity index (χ3n) is 3.66. The van der Waals surface area contributed by atoms with Crippen molar-refractivity contribution in [1.82, 2.24) is 0 Å². The summed E-state index contributed by atoms with van der Waals surface area (Å²) >= 11 is 5.96. The Labute approximate surface area is 126 Å². The lowest BCUT2D eigenvalue weighted by Gasteiger charge is -2.19. The summed E-state index contributed by atoms with van der Waals surface area (Å²) in [5.41, 5.74) is -0.350. The normalized spacial score (nSPS) is 20.1. The van der Waals surface area contributed by atoms with Crippen molar-refractivity contribution in [1.29, 1.82) is 0 Å². The van der Waals surface area contributed by atoms with Crippen LogP contribution in [-0.4, -0.2) is 13.0 Å². The number of nitrogens with one attached hydrogen (secondary N) is 1. The molecular weight excluding hydrogens is 293 g/mol. The van der Waals surface area contributed by atoms with Gasteiger partial charge in [-0.25, -0.2) is 4.39 Å². The monoisotopic (exact) mass is 305 g/mol. The van der Waals surface area contributed by atoms with Crippen LogP contribution in [0.15, 0.2) is 36.4 Å². The standard InChI is InChI=1S/C16H13ClFNO2/c1-9-3-6-13-11(7-9)16(18,15(20)19-13)10-4-5-12(17)14(8-10)21-2/h3-8H,1-2H3,(H,19,20). The number of carbonyl (C=O) groups excluding carboxylic acids is 1. The Balaban J connectivity index is 2.21. The van der Waals surface area contributed by atoms with Crippen molar-refractivity contribution < 1.29 is 13.9 Å². The van der Waals surface area contributed by atoms with Crippen LogP contribution in [-0.2, 0) is 10.5 Å². The van der Waals surface area contributed by atoms with Crippen molar-refractivity contribution in [3.05, 3.63) is 58.1 Å². The molecule has 3 rings (SSSR count). The maximum atomic E-state index is 15.5. The zero-order valence-corrected chi connectivity index (χ0v) is 12.3. The molecule has 1 aliphatic heterocycles. The molecule has 0 bridgehead atoms. The van der Waals surface area contributed by atoms with Crippen molar-refractivity contribution in [3.63, 3.8) is 0 Å². The molecule has 108 valence electrons. The number of hydrogen-bond acceptors (Lipinski definition) is 2. The smallest absolute Gasteiger partial charge is 0.271 e.